The highest BCUT2D eigenvalue weighted by Gasteiger charge is 2.32. The maximum absolute atomic E-state index is 12.0. The van der Waals surface area contributed by atoms with E-state index in [1.54, 1.807) is 32.0 Å². The molecule has 7 heteroatoms. The summed E-state index contributed by atoms with van der Waals surface area (Å²) in [7, 11) is 3.47. The first-order chi connectivity index (χ1) is 9.47. The van der Waals surface area contributed by atoms with Gasteiger partial charge in [0.1, 0.15) is 5.76 Å². The molecule has 1 aromatic rings. The summed E-state index contributed by atoms with van der Waals surface area (Å²) in [5.74, 6) is 0.911. The van der Waals surface area contributed by atoms with Crippen LogP contribution < -0.4 is 5.32 Å². The zero-order chi connectivity index (χ0) is 14.7. The van der Waals surface area contributed by atoms with Crippen LogP contribution in [0.25, 0.3) is 0 Å². The first kappa shape index (κ1) is 14.5. The van der Waals surface area contributed by atoms with Gasteiger partial charge in [-0.2, -0.15) is 0 Å². The Morgan fingerprint density at radius 3 is 2.90 bits per heavy atom. The van der Waals surface area contributed by atoms with E-state index < -0.39 is 0 Å². The van der Waals surface area contributed by atoms with Gasteiger partial charge in [0.05, 0.1) is 12.6 Å². The average Bonchev–Trinajstić information content (AvgIpc) is 2.97. The first-order valence-corrected chi connectivity index (χ1v) is 6.66. The Labute approximate surface area is 117 Å². The number of hydrogen-bond acceptors (Lipinski definition) is 5. The van der Waals surface area contributed by atoms with Crippen molar-refractivity contribution < 1.29 is 14.1 Å². The number of amides is 2. The smallest absolute Gasteiger partial charge is 0.239 e. The molecule has 2 heterocycles. The van der Waals surface area contributed by atoms with Crippen LogP contribution in [0, 0.1) is 6.92 Å². The van der Waals surface area contributed by atoms with E-state index in [0.717, 1.165) is 19.4 Å². The number of nitrogens with zero attached hydrogens (tertiary/aromatic N) is 3. The summed E-state index contributed by atoms with van der Waals surface area (Å²) in [4.78, 5) is 27.5. The number of rotatable bonds is 4. The van der Waals surface area contributed by atoms with E-state index in [4.69, 9.17) is 4.52 Å². The topological polar surface area (TPSA) is 78.7 Å². The highest BCUT2D eigenvalue weighted by Crippen LogP contribution is 2.18. The quantitative estimate of drug-likeness (QED) is 0.867. The fraction of sp³-hybridized carbons (Fsp3) is 0.615. The van der Waals surface area contributed by atoms with Gasteiger partial charge in [-0.1, -0.05) is 5.16 Å². The number of likely N-dealkylation sites (tertiary alicyclic amines) is 1. The Hall–Kier alpha value is -1.89. The lowest BCUT2D eigenvalue weighted by Gasteiger charge is -2.25. The highest BCUT2D eigenvalue weighted by atomic mass is 16.5. The SMILES string of the molecule is Cc1cc(NC(=O)CN2CCCC2C(=O)N(C)C)no1. The van der Waals surface area contributed by atoms with Crippen LogP contribution in [0.2, 0.25) is 0 Å². The number of aromatic nitrogens is 1. The van der Waals surface area contributed by atoms with Gasteiger partial charge in [-0.15, -0.1) is 0 Å². The van der Waals surface area contributed by atoms with Crippen LogP contribution >= 0.6 is 0 Å². The second-order valence-electron chi connectivity index (χ2n) is 5.23. The number of aryl methyl sites for hydroxylation is 1. The molecule has 7 nitrogen and oxygen atoms in total. The summed E-state index contributed by atoms with van der Waals surface area (Å²) >= 11 is 0. The van der Waals surface area contributed by atoms with E-state index in [9.17, 15) is 9.59 Å². The highest BCUT2D eigenvalue weighted by molar-refractivity contribution is 5.92. The van der Waals surface area contributed by atoms with E-state index in [-0.39, 0.29) is 24.4 Å². The van der Waals surface area contributed by atoms with Crippen molar-refractivity contribution in [1.29, 1.82) is 0 Å². The predicted octanol–water partition coefficient (Wildman–Crippen LogP) is 0.474. The lowest BCUT2D eigenvalue weighted by atomic mass is 10.2. The van der Waals surface area contributed by atoms with Gasteiger partial charge >= 0.3 is 0 Å². The van der Waals surface area contributed by atoms with Crippen molar-refractivity contribution in [2.45, 2.75) is 25.8 Å². The van der Waals surface area contributed by atoms with Crippen molar-refractivity contribution in [1.82, 2.24) is 15.0 Å². The standard InChI is InChI=1S/C13H20N4O3/c1-9-7-11(15-20-9)14-12(18)8-17-6-4-5-10(17)13(19)16(2)3/h7,10H,4-6,8H2,1-3H3,(H,14,15,18). The van der Waals surface area contributed by atoms with Crippen molar-refractivity contribution in [2.75, 3.05) is 32.5 Å². The van der Waals surface area contributed by atoms with Crippen LogP contribution in [0.3, 0.4) is 0 Å². The van der Waals surface area contributed by atoms with Gasteiger partial charge in [-0.25, -0.2) is 0 Å². The predicted molar refractivity (Wildman–Crippen MR) is 73.2 cm³/mol. The van der Waals surface area contributed by atoms with Crippen LogP contribution in [0.1, 0.15) is 18.6 Å². The van der Waals surface area contributed by atoms with Crippen molar-refractivity contribution >= 4 is 17.6 Å². The third kappa shape index (κ3) is 3.36. The van der Waals surface area contributed by atoms with E-state index in [1.807, 2.05) is 4.90 Å². The van der Waals surface area contributed by atoms with Gasteiger partial charge in [0.15, 0.2) is 5.82 Å². The molecule has 1 aromatic heterocycles. The van der Waals surface area contributed by atoms with Gasteiger partial charge in [0, 0.05) is 20.2 Å². The molecule has 1 N–H and O–H groups in total. The summed E-state index contributed by atoms with van der Waals surface area (Å²) in [6.45, 7) is 2.71. The fourth-order valence-corrected chi connectivity index (χ4v) is 2.39. The molecular formula is C13H20N4O3. The van der Waals surface area contributed by atoms with Gasteiger partial charge in [0.25, 0.3) is 0 Å². The Morgan fingerprint density at radius 1 is 1.55 bits per heavy atom. The molecule has 2 rings (SSSR count). The Morgan fingerprint density at radius 2 is 2.30 bits per heavy atom. The third-order valence-corrected chi connectivity index (χ3v) is 3.33. The Kier molecular flexibility index (Phi) is 4.39. The summed E-state index contributed by atoms with van der Waals surface area (Å²) in [6, 6.07) is 1.46. The van der Waals surface area contributed by atoms with Crippen molar-refractivity contribution in [3.63, 3.8) is 0 Å². The Bertz CT molecular complexity index is 498. The average molecular weight is 280 g/mol. The second kappa shape index (κ2) is 6.04. The molecule has 0 saturated carbocycles. The number of likely N-dealkylation sites (N-methyl/N-ethyl adjacent to an activating group) is 1. The fourth-order valence-electron chi connectivity index (χ4n) is 2.39. The van der Waals surface area contributed by atoms with Crippen LogP contribution in [0.15, 0.2) is 10.6 Å². The normalized spacial score (nSPS) is 19.1. The van der Waals surface area contributed by atoms with Gasteiger partial charge in [-0.05, 0) is 26.3 Å². The molecule has 1 atom stereocenters. The molecule has 0 aliphatic carbocycles. The van der Waals surface area contributed by atoms with E-state index in [1.165, 1.54) is 0 Å². The molecule has 1 saturated heterocycles. The summed E-state index contributed by atoms with van der Waals surface area (Å²) in [6.07, 6.45) is 1.73. The minimum absolute atomic E-state index is 0.0487. The molecule has 20 heavy (non-hydrogen) atoms. The summed E-state index contributed by atoms with van der Waals surface area (Å²) < 4.78 is 4.89. The third-order valence-electron chi connectivity index (χ3n) is 3.33. The molecule has 2 amide bonds. The molecule has 0 spiro atoms. The first-order valence-electron chi connectivity index (χ1n) is 6.66. The zero-order valence-corrected chi connectivity index (χ0v) is 12.0. The molecule has 1 unspecified atom stereocenters. The molecule has 0 aromatic carbocycles. The number of carbonyl (C=O) groups is 2. The molecule has 1 aliphatic rings. The summed E-state index contributed by atoms with van der Waals surface area (Å²) in [5.41, 5.74) is 0. The maximum atomic E-state index is 12.0. The Balaban J connectivity index is 1.91. The van der Waals surface area contributed by atoms with E-state index in [0.29, 0.717) is 11.6 Å². The van der Waals surface area contributed by atoms with Gasteiger partial charge in [0.2, 0.25) is 11.8 Å². The largest absolute Gasteiger partial charge is 0.360 e. The second-order valence-corrected chi connectivity index (χ2v) is 5.23. The van der Waals surface area contributed by atoms with Crippen LogP contribution in [-0.2, 0) is 9.59 Å². The van der Waals surface area contributed by atoms with Crippen LogP contribution in [0.4, 0.5) is 5.82 Å². The lowest BCUT2D eigenvalue weighted by Crippen LogP contribution is -2.45. The monoisotopic (exact) mass is 280 g/mol. The number of hydrogen-bond donors (Lipinski definition) is 1. The molecule has 110 valence electrons. The van der Waals surface area contributed by atoms with Crippen molar-refractivity contribution in [3.05, 3.63) is 11.8 Å². The zero-order valence-electron chi connectivity index (χ0n) is 12.0. The van der Waals surface area contributed by atoms with Gasteiger partial charge in [-0.3, -0.25) is 14.5 Å². The maximum Gasteiger partial charge on any atom is 0.239 e. The van der Waals surface area contributed by atoms with Crippen molar-refractivity contribution in [3.8, 4) is 0 Å². The molecule has 0 radical (unpaired) electrons. The van der Waals surface area contributed by atoms with E-state index >= 15 is 0 Å². The minimum Gasteiger partial charge on any atom is -0.360 e. The number of nitrogens with one attached hydrogen (secondary N) is 1. The van der Waals surface area contributed by atoms with Crippen LogP contribution in [-0.4, -0.2) is 60.0 Å². The van der Waals surface area contributed by atoms with Crippen LogP contribution in [0.5, 0.6) is 0 Å². The van der Waals surface area contributed by atoms with Gasteiger partial charge < -0.3 is 14.7 Å². The van der Waals surface area contributed by atoms with Crippen molar-refractivity contribution in [2.24, 2.45) is 0 Å². The molecule has 0 bridgehead atoms. The lowest BCUT2D eigenvalue weighted by molar-refractivity contribution is -0.133. The minimum atomic E-state index is -0.199. The van der Waals surface area contributed by atoms with E-state index in [2.05, 4.69) is 10.5 Å². The molecular weight excluding hydrogens is 260 g/mol. The summed E-state index contributed by atoms with van der Waals surface area (Å²) in [5, 5.41) is 6.38. The number of carbonyl (C=O) groups excluding carboxylic acids is 2. The molecule has 1 aliphatic heterocycles. The molecule has 1 fully saturated rings. The number of anilines is 1.